The number of halogens is 1. The second kappa shape index (κ2) is 8.31. The Morgan fingerprint density at radius 2 is 2.15 bits per heavy atom. The van der Waals surface area contributed by atoms with Gasteiger partial charge in [-0.2, -0.15) is 5.26 Å². The molecule has 0 amide bonds. The molecule has 10 heteroatoms. The standard InChI is InChI=1S/C17H15FN6S2.C6H11N/c18-9-17(5-6-17)23-26-12-2-1-11-7-20-13(24(11)8-12)14-21-22-15(25-14)16(10-19)3-4-16;1-2-7-4-6-3-5(1)6/h1-2,7-8,23H,3-6,9H2;5-7H,1-4H2. The molecule has 4 heterocycles. The van der Waals surface area contributed by atoms with Gasteiger partial charge < -0.3 is 5.32 Å². The molecule has 0 aromatic carbocycles. The number of rotatable bonds is 6. The van der Waals surface area contributed by atoms with Gasteiger partial charge in [0.15, 0.2) is 10.8 Å². The van der Waals surface area contributed by atoms with E-state index >= 15 is 0 Å². The monoisotopic (exact) mass is 483 g/mol. The van der Waals surface area contributed by atoms with Crippen molar-refractivity contribution in [3.8, 4) is 16.9 Å². The molecule has 1 aliphatic heterocycles. The summed E-state index contributed by atoms with van der Waals surface area (Å²) in [6.07, 6.45) is 10.2. The minimum absolute atomic E-state index is 0.341. The molecule has 0 radical (unpaired) electrons. The van der Waals surface area contributed by atoms with Gasteiger partial charge in [0.05, 0.1) is 23.3 Å². The van der Waals surface area contributed by atoms with Crippen LogP contribution in [0.5, 0.6) is 0 Å². The summed E-state index contributed by atoms with van der Waals surface area (Å²) in [6.45, 7) is 2.25. The second-order valence-corrected chi connectivity index (χ2v) is 11.6. The Morgan fingerprint density at radius 3 is 2.82 bits per heavy atom. The average molecular weight is 484 g/mol. The number of hydrogen-bond donors (Lipinski definition) is 2. The van der Waals surface area contributed by atoms with Crippen LogP contribution in [0.1, 0.15) is 43.5 Å². The first-order valence-electron chi connectivity index (χ1n) is 11.6. The van der Waals surface area contributed by atoms with E-state index in [1.165, 1.54) is 49.2 Å². The lowest BCUT2D eigenvalue weighted by molar-refractivity contribution is 0.402. The van der Waals surface area contributed by atoms with E-state index in [1.54, 1.807) is 6.20 Å². The fourth-order valence-corrected chi connectivity index (χ4v) is 6.19. The predicted octanol–water partition coefficient (Wildman–Crippen LogP) is 4.12. The molecular formula is C23H26FN7S2. The summed E-state index contributed by atoms with van der Waals surface area (Å²) in [5.74, 6) is 2.95. The molecule has 172 valence electrons. The van der Waals surface area contributed by atoms with Gasteiger partial charge in [0.1, 0.15) is 17.1 Å². The SMILES string of the molecule is C1CC2CC2CN1.N#CC1(c2nnc(-c3ncc4ccc(SNC5(CF)CC5)cn34)s2)CC1. The van der Waals surface area contributed by atoms with Gasteiger partial charge in [-0.3, -0.25) is 9.12 Å². The molecule has 2 atom stereocenters. The van der Waals surface area contributed by atoms with Crippen LogP contribution in [0.2, 0.25) is 0 Å². The van der Waals surface area contributed by atoms with Crippen molar-refractivity contribution in [1.29, 1.82) is 5.26 Å². The van der Waals surface area contributed by atoms with E-state index in [0.29, 0.717) is 10.8 Å². The Kier molecular flexibility index (Phi) is 5.41. The lowest BCUT2D eigenvalue weighted by Crippen LogP contribution is -2.27. The molecule has 1 saturated heterocycles. The fourth-order valence-electron chi connectivity index (χ4n) is 4.26. The second-order valence-electron chi connectivity index (χ2n) is 9.71. The predicted molar refractivity (Wildman–Crippen MR) is 127 cm³/mol. The maximum absolute atomic E-state index is 13.0. The quantitative estimate of drug-likeness (QED) is 0.510. The number of alkyl halides is 1. The van der Waals surface area contributed by atoms with Crippen LogP contribution in [-0.2, 0) is 5.41 Å². The molecule has 0 bridgehead atoms. The van der Waals surface area contributed by atoms with Crippen molar-refractivity contribution in [2.45, 2.75) is 54.4 Å². The number of nitrogens with one attached hydrogen (secondary N) is 2. The number of piperidine rings is 1. The first-order valence-corrected chi connectivity index (χ1v) is 13.2. The van der Waals surface area contributed by atoms with Crippen LogP contribution in [-0.4, -0.2) is 44.9 Å². The highest BCUT2D eigenvalue weighted by Crippen LogP contribution is 2.49. The van der Waals surface area contributed by atoms with Crippen molar-refractivity contribution < 1.29 is 4.39 Å². The van der Waals surface area contributed by atoms with Crippen molar-refractivity contribution in [3.05, 3.63) is 29.5 Å². The minimum atomic E-state index is -0.432. The van der Waals surface area contributed by atoms with Gasteiger partial charge in [-0.05, 0) is 87.5 Å². The van der Waals surface area contributed by atoms with E-state index in [-0.39, 0.29) is 12.2 Å². The summed E-state index contributed by atoms with van der Waals surface area (Å²) < 4.78 is 18.2. The molecule has 4 fully saturated rings. The van der Waals surface area contributed by atoms with Crippen LogP contribution in [0.3, 0.4) is 0 Å². The molecule has 2 N–H and O–H groups in total. The van der Waals surface area contributed by atoms with Crippen LogP contribution in [0.4, 0.5) is 4.39 Å². The van der Waals surface area contributed by atoms with E-state index in [4.69, 9.17) is 0 Å². The Balaban J connectivity index is 0.000000249. The smallest absolute Gasteiger partial charge is 0.183 e. The largest absolute Gasteiger partial charge is 0.316 e. The molecule has 0 spiro atoms. The van der Waals surface area contributed by atoms with Crippen molar-refractivity contribution >= 4 is 28.8 Å². The van der Waals surface area contributed by atoms with Crippen LogP contribution in [0, 0.1) is 23.2 Å². The Hall–Kier alpha value is -2.06. The topological polar surface area (TPSA) is 90.9 Å². The van der Waals surface area contributed by atoms with Gasteiger partial charge in [-0.25, -0.2) is 9.37 Å². The zero-order valence-electron chi connectivity index (χ0n) is 18.3. The van der Waals surface area contributed by atoms with Crippen molar-refractivity contribution in [2.75, 3.05) is 19.8 Å². The number of fused-ring (bicyclic) bond motifs is 2. The van der Waals surface area contributed by atoms with Crippen LogP contribution in [0.15, 0.2) is 29.4 Å². The molecular weight excluding hydrogens is 457 g/mol. The van der Waals surface area contributed by atoms with Gasteiger partial charge in [0.2, 0.25) is 0 Å². The van der Waals surface area contributed by atoms with Crippen LogP contribution in [0.25, 0.3) is 16.3 Å². The third kappa shape index (κ3) is 4.28. The van der Waals surface area contributed by atoms with E-state index in [0.717, 1.165) is 52.9 Å². The molecule has 3 aromatic heterocycles. The summed E-state index contributed by atoms with van der Waals surface area (Å²) in [5, 5.41) is 22.7. The number of aromatic nitrogens is 4. The summed E-state index contributed by atoms with van der Waals surface area (Å²) in [7, 11) is 0. The van der Waals surface area contributed by atoms with Gasteiger partial charge in [-0.1, -0.05) is 11.3 Å². The zero-order chi connectivity index (χ0) is 22.5. The Labute approximate surface area is 200 Å². The molecule has 3 aromatic rings. The summed E-state index contributed by atoms with van der Waals surface area (Å²) in [5.41, 5.74) is 0.175. The molecule has 3 aliphatic carbocycles. The molecule has 3 saturated carbocycles. The third-order valence-electron chi connectivity index (χ3n) is 7.15. The van der Waals surface area contributed by atoms with Gasteiger partial charge in [0, 0.05) is 11.1 Å². The highest BCUT2D eigenvalue weighted by Gasteiger charge is 2.48. The average Bonchev–Trinajstić information content (AvgIpc) is 3.80. The summed E-state index contributed by atoms with van der Waals surface area (Å²) >= 11 is 2.88. The van der Waals surface area contributed by atoms with Crippen molar-refractivity contribution in [2.24, 2.45) is 11.8 Å². The lowest BCUT2D eigenvalue weighted by atomic mass is 10.1. The summed E-state index contributed by atoms with van der Waals surface area (Å²) in [4.78, 5) is 5.47. The van der Waals surface area contributed by atoms with Crippen molar-refractivity contribution in [3.63, 3.8) is 0 Å². The Bertz CT molecular complexity index is 1200. The molecule has 33 heavy (non-hydrogen) atoms. The summed E-state index contributed by atoms with van der Waals surface area (Å²) in [6, 6.07) is 6.33. The first kappa shape index (κ1) is 21.5. The number of nitriles is 1. The molecule has 4 aliphatic rings. The lowest BCUT2D eigenvalue weighted by Gasteiger charge is -2.12. The third-order valence-corrected chi connectivity index (χ3v) is 9.29. The number of hydrogen-bond acceptors (Lipinski definition) is 8. The normalized spacial score (nSPS) is 25.5. The molecule has 2 unspecified atom stereocenters. The number of pyridine rings is 1. The van der Waals surface area contributed by atoms with E-state index < -0.39 is 5.41 Å². The van der Waals surface area contributed by atoms with Crippen molar-refractivity contribution in [1.82, 2.24) is 29.6 Å². The highest BCUT2D eigenvalue weighted by molar-refractivity contribution is 7.97. The minimum Gasteiger partial charge on any atom is -0.316 e. The zero-order valence-corrected chi connectivity index (χ0v) is 19.9. The van der Waals surface area contributed by atoms with Gasteiger partial charge >= 0.3 is 0 Å². The highest BCUT2D eigenvalue weighted by atomic mass is 32.2. The fraction of sp³-hybridized carbons (Fsp3) is 0.565. The van der Waals surface area contributed by atoms with Crippen LogP contribution < -0.4 is 10.0 Å². The van der Waals surface area contributed by atoms with Crippen LogP contribution >= 0.6 is 23.3 Å². The van der Waals surface area contributed by atoms with E-state index in [9.17, 15) is 9.65 Å². The van der Waals surface area contributed by atoms with E-state index in [2.05, 4.69) is 31.3 Å². The number of imidazole rings is 1. The first-order chi connectivity index (χ1) is 16.1. The number of nitrogens with zero attached hydrogens (tertiary/aromatic N) is 5. The maximum atomic E-state index is 13.0. The van der Waals surface area contributed by atoms with Gasteiger partial charge in [0.25, 0.3) is 0 Å². The van der Waals surface area contributed by atoms with E-state index in [1.807, 2.05) is 22.7 Å². The van der Waals surface area contributed by atoms with Gasteiger partial charge in [-0.15, -0.1) is 10.2 Å². The molecule has 7 nitrogen and oxygen atoms in total. The maximum Gasteiger partial charge on any atom is 0.183 e. The molecule has 7 rings (SSSR count). The Morgan fingerprint density at radius 1 is 1.27 bits per heavy atom.